The van der Waals surface area contributed by atoms with Gasteiger partial charge in [-0.05, 0) is 44.9 Å². The van der Waals surface area contributed by atoms with Gasteiger partial charge in [-0.1, -0.05) is 30.3 Å². The number of hydrogen-bond acceptors (Lipinski definition) is 6. The van der Waals surface area contributed by atoms with Crippen molar-refractivity contribution in [3.8, 4) is 11.5 Å². The van der Waals surface area contributed by atoms with Gasteiger partial charge in [0.15, 0.2) is 11.5 Å². The summed E-state index contributed by atoms with van der Waals surface area (Å²) in [6.07, 6.45) is 1.36. The number of carbonyl (C=O) groups excluding carboxylic acids is 1. The maximum atomic E-state index is 13.2. The summed E-state index contributed by atoms with van der Waals surface area (Å²) in [6.45, 7) is 4.47. The summed E-state index contributed by atoms with van der Waals surface area (Å²) in [5.74, 6) is -0.644. The number of aliphatic carboxylic acids is 1. The molecule has 0 spiro atoms. The average molecular weight is 467 g/mol. The molecule has 0 unspecified atom stereocenters. The predicted molar refractivity (Wildman–Crippen MR) is 125 cm³/mol. The Balaban J connectivity index is 1.36. The van der Waals surface area contributed by atoms with Gasteiger partial charge in [0.05, 0.1) is 18.8 Å². The molecule has 2 aromatic carbocycles. The Labute approximate surface area is 198 Å². The molecular formula is C26H30N2O6. The minimum atomic E-state index is -1.05. The van der Waals surface area contributed by atoms with Crippen LogP contribution in [0.1, 0.15) is 38.4 Å². The molecular weight excluding hydrogens is 436 g/mol. The number of carboxylic acid groups (broad SMARTS) is 1. The van der Waals surface area contributed by atoms with Crippen molar-refractivity contribution in [2.24, 2.45) is 5.92 Å². The summed E-state index contributed by atoms with van der Waals surface area (Å²) in [5.41, 5.74) is 0.886. The Morgan fingerprint density at radius 3 is 2.65 bits per heavy atom. The molecule has 5 rings (SSSR count). The molecule has 3 heterocycles. The number of carbonyl (C=O) groups is 2. The zero-order chi connectivity index (χ0) is 24.0. The Hall–Kier alpha value is -3.10. The van der Waals surface area contributed by atoms with E-state index in [1.165, 1.54) is 4.90 Å². The molecule has 3 aliphatic rings. The lowest BCUT2D eigenvalue weighted by Gasteiger charge is -2.50. The first-order chi connectivity index (χ1) is 16.2. The van der Waals surface area contributed by atoms with Crippen molar-refractivity contribution < 1.29 is 29.3 Å². The van der Waals surface area contributed by atoms with Crippen LogP contribution in [0.4, 0.5) is 5.69 Å². The second-order valence-corrected chi connectivity index (χ2v) is 9.87. The number of para-hydroxylation sites is 2. The molecule has 2 fully saturated rings. The quantitative estimate of drug-likeness (QED) is 0.698. The Morgan fingerprint density at radius 1 is 1.15 bits per heavy atom. The summed E-state index contributed by atoms with van der Waals surface area (Å²) in [4.78, 5) is 28.1. The van der Waals surface area contributed by atoms with Crippen LogP contribution in [0.25, 0.3) is 0 Å². The molecule has 8 heteroatoms. The molecule has 2 N–H and O–H groups in total. The van der Waals surface area contributed by atoms with E-state index in [4.69, 9.17) is 9.47 Å². The molecule has 180 valence electrons. The number of rotatable bonds is 5. The fourth-order valence-corrected chi connectivity index (χ4v) is 5.69. The molecule has 3 aliphatic heterocycles. The smallest absolute Gasteiger partial charge is 0.323 e. The minimum absolute atomic E-state index is 0.0365. The molecule has 1 amide bonds. The number of carboxylic acids is 1. The number of amides is 1. The van der Waals surface area contributed by atoms with E-state index in [-0.39, 0.29) is 48.9 Å². The third-order valence-corrected chi connectivity index (χ3v) is 7.37. The summed E-state index contributed by atoms with van der Waals surface area (Å²) >= 11 is 0. The lowest BCUT2D eigenvalue weighted by molar-refractivity contribution is -0.163. The lowest BCUT2D eigenvalue weighted by Crippen LogP contribution is -2.55. The maximum absolute atomic E-state index is 13.2. The van der Waals surface area contributed by atoms with Crippen LogP contribution in [0, 0.1) is 5.92 Å². The highest BCUT2D eigenvalue weighted by atomic mass is 16.5. The van der Waals surface area contributed by atoms with Gasteiger partial charge in [0.25, 0.3) is 0 Å². The molecule has 34 heavy (non-hydrogen) atoms. The number of likely N-dealkylation sites (tertiary alicyclic amines) is 1. The standard InChI is InChI=1S/C26H30N2O6/c1-26(2)18-13-19-21(33-24(18)17-9-6-10-20(29)25(17)34-26)11-12-27(19)14-22(30)28(15-23(31)32)16-7-4-3-5-8-16/h3-10,18-19,21,24,29H,11-15H2,1-2H3,(H,31,32)/t18-,19-,21-,24+/m0/s1. The maximum Gasteiger partial charge on any atom is 0.323 e. The topological polar surface area (TPSA) is 99.5 Å². The molecule has 0 aliphatic carbocycles. The van der Waals surface area contributed by atoms with E-state index in [1.807, 2.05) is 32.0 Å². The Kier molecular flexibility index (Phi) is 5.73. The third-order valence-electron chi connectivity index (χ3n) is 7.37. The van der Waals surface area contributed by atoms with Gasteiger partial charge in [-0.2, -0.15) is 0 Å². The van der Waals surface area contributed by atoms with Gasteiger partial charge in [-0.25, -0.2) is 0 Å². The highest BCUT2D eigenvalue weighted by molar-refractivity contribution is 5.98. The van der Waals surface area contributed by atoms with Crippen molar-refractivity contribution in [1.82, 2.24) is 4.90 Å². The molecule has 2 aromatic rings. The zero-order valence-electron chi connectivity index (χ0n) is 19.4. The van der Waals surface area contributed by atoms with Crippen LogP contribution in [-0.4, -0.2) is 64.4 Å². The number of phenolic OH excluding ortho intramolecular Hbond substituents is 1. The van der Waals surface area contributed by atoms with Crippen molar-refractivity contribution in [3.63, 3.8) is 0 Å². The van der Waals surface area contributed by atoms with Gasteiger partial charge >= 0.3 is 5.97 Å². The molecule has 0 aromatic heterocycles. The van der Waals surface area contributed by atoms with Crippen LogP contribution in [0.2, 0.25) is 0 Å². The monoisotopic (exact) mass is 466 g/mol. The van der Waals surface area contributed by atoms with Crippen molar-refractivity contribution >= 4 is 17.6 Å². The number of aromatic hydroxyl groups is 1. The highest BCUT2D eigenvalue weighted by Gasteiger charge is 2.53. The molecule has 8 nitrogen and oxygen atoms in total. The number of hydrogen-bond donors (Lipinski definition) is 2. The van der Waals surface area contributed by atoms with E-state index in [9.17, 15) is 19.8 Å². The summed E-state index contributed by atoms with van der Waals surface area (Å²) in [5, 5.41) is 19.7. The molecule has 0 radical (unpaired) electrons. The van der Waals surface area contributed by atoms with Crippen molar-refractivity contribution in [2.45, 2.75) is 50.5 Å². The fraction of sp³-hybridized carbons (Fsp3) is 0.462. The number of anilines is 1. The van der Waals surface area contributed by atoms with E-state index < -0.39 is 11.6 Å². The van der Waals surface area contributed by atoms with E-state index in [0.29, 0.717) is 18.0 Å². The first kappa shape index (κ1) is 22.7. The van der Waals surface area contributed by atoms with Crippen LogP contribution in [0.5, 0.6) is 11.5 Å². The lowest BCUT2D eigenvalue weighted by atomic mass is 9.74. The summed E-state index contributed by atoms with van der Waals surface area (Å²) in [7, 11) is 0. The van der Waals surface area contributed by atoms with E-state index >= 15 is 0 Å². The normalized spacial score (nSPS) is 27.1. The first-order valence-corrected chi connectivity index (χ1v) is 11.7. The van der Waals surface area contributed by atoms with Crippen LogP contribution in [0.15, 0.2) is 48.5 Å². The summed E-state index contributed by atoms with van der Waals surface area (Å²) in [6, 6.07) is 14.3. The van der Waals surface area contributed by atoms with Gasteiger partial charge in [0.2, 0.25) is 5.91 Å². The fourth-order valence-electron chi connectivity index (χ4n) is 5.69. The second-order valence-electron chi connectivity index (χ2n) is 9.87. The first-order valence-electron chi connectivity index (χ1n) is 11.7. The summed E-state index contributed by atoms with van der Waals surface area (Å²) < 4.78 is 12.8. The zero-order valence-corrected chi connectivity index (χ0v) is 19.4. The van der Waals surface area contributed by atoms with Crippen molar-refractivity contribution in [3.05, 3.63) is 54.1 Å². The second kappa shape index (κ2) is 8.60. The van der Waals surface area contributed by atoms with Gasteiger partial charge in [-0.15, -0.1) is 0 Å². The minimum Gasteiger partial charge on any atom is -0.504 e. The molecule has 4 atom stereocenters. The van der Waals surface area contributed by atoms with E-state index in [0.717, 1.165) is 18.4 Å². The number of fused-ring (bicyclic) bond motifs is 4. The Morgan fingerprint density at radius 2 is 1.91 bits per heavy atom. The van der Waals surface area contributed by atoms with Crippen molar-refractivity contribution in [2.75, 3.05) is 24.5 Å². The van der Waals surface area contributed by atoms with Crippen LogP contribution < -0.4 is 9.64 Å². The average Bonchev–Trinajstić information content (AvgIpc) is 3.19. The SMILES string of the molecule is CC1(C)Oc2c(O)cccc2[C@H]2O[C@H]3CCN(CC(=O)N(CC(=O)O)c4ccccc4)[C@H]3C[C@@H]21. The van der Waals surface area contributed by atoms with Gasteiger partial charge < -0.3 is 24.6 Å². The number of benzene rings is 2. The van der Waals surface area contributed by atoms with Crippen LogP contribution in [-0.2, 0) is 14.3 Å². The molecule has 2 saturated heterocycles. The molecule has 0 bridgehead atoms. The van der Waals surface area contributed by atoms with Crippen molar-refractivity contribution in [1.29, 1.82) is 0 Å². The van der Waals surface area contributed by atoms with Crippen LogP contribution >= 0.6 is 0 Å². The number of ether oxygens (including phenoxy) is 2. The van der Waals surface area contributed by atoms with Gasteiger partial charge in [-0.3, -0.25) is 14.5 Å². The highest BCUT2D eigenvalue weighted by Crippen LogP contribution is 2.54. The van der Waals surface area contributed by atoms with E-state index in [1.54, 1.807) is 30.3 Å². The van der Waals surface area contributed by atoms with Gasteiger partial charge in [0, 0.05) is 29.8 Å². The molecule has 0 saturated carbocycles. The van der Waals surface area contributed by atoms with Crippen LogP contribution in [0.3, 0.4) is 0 Å². The largest absolute Gasteiger partial charge is 0.504 e. The van der Waals surface area contributed by atoms with Gasteiger partial charge in [0.1, 0.15) is 12.1 Å². The number of nitrogens with zero attached hydrogens (tertiary/aromatic N) is 2. The third kappa shape index (κ3) is 4.01. The Bertz CT molecular complexity index is 1090. The predicted octanol–water partition coefficient (Wildman–Crippen LogP) is 3.20. The number of phenols is 1. The van der Waals surface area contributed by atoms with E-state index in [2.05, 4.69) is 4.90 Å².